The van der Waals surface area contributed by atoms with E-state index in [1.165, 1.54) is 11.8 Å². The number of rotatable bonds is 9. The molecule has 0 atom stereocenters. The van der Waals surface area contributed by atoms with Crippen molar-refractivity contribution in [2.45, 2.75) is 44.9 Å². The standard InChI is InChI=1S/C22H27N5O2S/c1-4-14-26-21(29)24-25-22(26)30-15-20(28)27(16(2)3)19-12-10-18(11-13-19)23-17-8-6-5-7-9-17/h5-13,16,23H,4,14-15H2,1-3H3,(H,24,29). The van der Waals surface area contributed by atoms with Crippen LogP contribution in [0.15, 0.2) is 64.5 Å². The summed E-state index contributed by atoms with van der Waals surface area (Å²) in [6, 6.07) is 17.7. The van der Waals surface area contributed by atoms with Crippen molar-refractivity contribution in [2.24, 2.45) is 0 Å². The van der Waals surface area contributed by atoms with Gasteiger partial charge >= 0.3 is 5.69 Å². The first kappa shape index (κ1) is 21.7. The Hall–Kier alpha value is -3.00. The van der Waals surface area contributed by atoms with Crippen LogP contribution in [0.3, 0.4) is 0 Å². The third-order valence-electron chi connectivity index (χ3n) is 4.49. The van der Waals surface area contributed by atoms with Gasteiger partial charge in [0, 0.05) is 29.6 Å². The summed E-state index contributed by atoms with van der Waals surface area (Å²) in [5.41, 5.74) is 2.56. The Labute approximate surface area is 180 Å². The fourth-order valence-electron chi connectivity index (χ4n) is 3.15. The number of aromatic nitrogens is 3. The Bertz CT molecular complexity index is 1010. The number of thioether (sulfide) groups is 1. The van der Waals surface area contributed by atoms with Gasteiger partial charge in [-0.1, -0.05) is 36.9 Å². The number of carbonyl (C=O) groups is 1. The third kappa shape index (κ3) is 5.33. The molecule has 3 rings (SSSR count). The predicted molar refractivity (Wildman–Crippen MR) is 123 cm³/mol. The lowest BCUT2D eigenvalue weighted by atomic mass is 10.2. The molecule has 8 heteroatoms. The van der Waals surface area contributed by atoms with E-state index >= 15 is 0 Å². The van der Waals surface area contributed by atoms with E-state index in [1.54, 1.807) is 9.47 Å². The Morgan fingerprint density at radius 3 is 2.43 bits per heavy atom. The van der Waals surface area contributed by atoms with Crippen LogP contribution in [0.5, 0.6) is 0 Å². The molecule has 30 heavy (non-hydrogen) atoms. The highest BCUT2D eigenvalue weighted by Crippen LogP contribution is 2.24. The van der Waals surface area contributed by atoms with E-state index in [9.17, 15) is 9.59 Å². The molecule has 0 aliphatic rings. The molecule has 0 fully saturated rings. The summed E-state index contributed by atoms with van der Waals surface area (Å²) in [4.78, 5) is 26.6. The molecular weight excluding hydrogens is 398 g/mol. The van der Waals surface area contributed by atoms with Gasteiger partial charge in [0.25, 0.3) is 0 Å². The number of hydrogen-bond acceptors (Lipinski definition) is 5. The van der Waals surface area contributed by atoms with Crippen LogP contribution in [0, 0.1) is 0 Å². The lowest BCUT2D eigenvalue weighted by molar-refractivity contribution is -0.116. The molecular formula is C22H27N5O2S. The monoisotopic (exact) mass is 425 g/mol. The largest absolute Gasteiger partial charge is 0.356 e. The first-order valence-electron chi connectivity index (χ1n) is 10.0. The van der Waals surface area contributed by atoms with Crippen molar-refractivity contribution >= 4 is 34.7 Å². The normalized spacial score (nSPS) is 10.9. The Balaban J connectivity index is 1.69. The van der Waals surface area contributed by atoms with E-state index in [2.05, 4.69) is 15.5 Å². The van der Waals surface area contributed by atoms with Crippen molar-refractivity contribution < 1.29 is 4.79 Å². The number of benzene rings is 2. The van der Waals surface area contributed by atoms with Gasteiger partial charge in [-0.25, -0.2) is 9.89 Å². The van der Waals surface area contributed by atoms with Gasteiger partial charge in [-0.3, -0.25) is 9.36 Å². The Morgan fingerprint density at radius 1 is 1.13 bits per heavy atom. The first-order valence-corrected chi connectivity index (χ1v) is 11.0. The molecule has 158 valence electrons. The lowest BCUT2D eigenvalue weighted by Gasteiger charge is -2.27. The molecule has 0 saturated carbocycles. The Kier molecular flexibility index (Phi) is 7.35. The summed E-state index contributed by atoms with van der Waals surface area (Å²) in [6.07, 6.45) is 0.822. The second-order valence-corrected chi connectivity index (χ2v) is 8.09. The minimum Gasteiger partial charge on any atom is -0.356 e. The summed E-state index contributed by atoms with van der Waals surface area (Å²) in [5, 5.41) is 10.4. The Morgan fingerprint density at radius 2 is 1.80 bits per heavy atom. The van der Waals surface area contributed by atoms with Crippen LogP contribution in [-0.2, 0) is 11.3 Å². The van der Waals surface area contributed by atoms with Gasteiger partial charge < -0.3 is 10.2 Å². The summed E-state index contributed by atoms with van der Waals surface area (Å²) in [6.45, 7) is 6.55. The average molecular weight is 426 g/mol. The van der Waals surface area contributed by atoms with Crippen molar-refractivity contribution in [3.05, 3.63) is 65.1 Å². The van der Waals surface area contributed by atoms with Gasteiger partial charge in [-0.15, -0.1) is 5.10 Å². The first-order chi connectivity index (χ1) is 14.5. The molecule has 3 aromatic rings. The number of amides is 1. The minimum atomic E-state index is -0.242. The zero-order valence-electron chi connectivity index (χ0n) is 17.5. The number of hydrogen-bond donors (Lipinski definition) is 2. The maximum atomic E-state index is 13.0. The van der Waals surface area contributed by atoms with Crippen molar-refractivity contribution in [3.8, 4) is 0 Å². The van der Waals surface area contributed by atoms with Crippen LogP contribution < -0.4 is 15.9 Å². The smallest absolute Gasteiger partial charge is 0.343 e. The highest BCUT2D eigenvalue weighted by molar-refractivity contribution is 7.99. The molecule has 7 nitrogen and oxygen atoms in total. The molecule has 0 aliphatic carbocycles. The third-order valence-corrected chi connectivity index (χ3v) is 5.45. The molecule has 0 radical (unpaired) electrons. The molecule has 1 aromatic heterocycles. The fraction of sp³-hybridized carbons (Fsp3) is 0.318. The topological polar surface area (TPSA) is 83.0 Å². The van der Waals surface area contributed by atoms with Crippen molar-refractivity contribution in [2.75, 3.05) is 16.0 Å². The zero-order chi connectivity index (χ0) is 21.5. The molecule has 0 aliphatic heterocycles. The van der Waals surface area contributed by atoms with E-state index in [0.717, 1.165) is 23.5 Å². The van der Waals surface area contributed by atoms with Crippen LogP contribution in [0.4, 0.5) is 17.1 Å². The van der Waals surface area contributed by atoms with Gasteiger partial charge in [-0.2, -0.15) is 0 Å². The quantitative estimate of drug-likeness (QED) is 0.501. The summed E-state index contributed by atoms with van der Waals surface area (Å²) in [7, 11) is 0. The van der Waals surface area contributed by atoms with Gasteiger partial charge in [0.05, 0.1) is 5.75 Å². The highest BCUT2D eigenvalue weighted by atomic mass is 32.2. The van der Waals surface area contributed by atoms with Crippen LogP contribution in [0.25, 0.3) is 0 Å². The van der Waals surface area contributed by atoms with Crippen molar-refractivity contribution in [1.82, 2.24) is 14.8 Å². The number of carbonyl (C=O) groups excluding carboxylic acids is 1. The second kappa shape index (κ2) is 10.2. The SMILES string of the molecule is CCCn1c(SCC(=O)N(c2ccc(Nc3ccccc3)cc2)C(C)C)n[nH]c1=O. The van der Waals surface area contributed by atoms with Gasteiger partial charge in [-0.05, 0) is 56.7 Å². The lowest BCUT2D eigenvalue weighted by Crippen LogP contribution is -2.38. The second-order valence-electron chi connectivity index (χ2n) is 7.15. The summed E-state index contributed by atoms with van der Waals surface area (Å²) in [5.74, 6) is 0.174. The molecule has 2 aromatic carbocycles. The summed E-state index contributed by atoms with van der Waals surface area (Å²) >= 11 is 1.28. The van der Waals surface area contributed by atoms with E-state index in [-0.39, 0.29) is 23.4 Å². The molecule has 0 spiro atoms. The van der Waals surface area contributed by atoms with E-state index in [0.29, 0.717) is 11.7 Å². The summed E-state index contributed by atoms with van der Waals surface area (Å²) < 4.78 is 1.57. The van der Waals surface area contributed by atoms with E-state index < -0.39 is 0 Å². The molecule has 1 amide bonds. The average Bonchev–Trinajstić information content (AvgIpc) is 3.08. The maximum absolute atomic E-state index is 13.0. The number of aromatic amines is 1. The molecule has 2 N–H and O–H groups in total. The number of para-hydroxylation sites is 1. The highest BCUT2D eigenvalue weighted by Gasteiger charge is 2.20. The van der Waals surface area contributed by atoms with E-state index in [1.807, 2.05) is 75.4 Å². The van der Waals surface area contributed by atoms with Crippen LogP contribution >= 0.6 is 11.8 Å². The number of anilines is 3. The van der Waals surface area contributed by atoms with Gasteiger partial charge in [0.1, 0.15) is 0 Å². The number of H-pyrrole nitrogens is 1. The zero-order valence-corrected chi connectivity index (χ0v) is 18.3. The number of nitrogens with one attached hydrogen (secondary N) is 2. The number of nitrogens with zero attached hydrogens (tertiary/aromatic N) is 3. The predicted octanol–water partition coefficient (Wildman–Crippen LogP) is 4.26. The molecule has 0 unspecified atom stereocenters. The van der Waals surface area contributed by atoms with Gasteiger partial charge in [0.2, 0.25) is 5.91 Å². The molecule has 1 heterocycles. The van der Waals surface area contributed by atoms with E-state index in [4.69, 9.17) is 0 Å². The molecule has 0 bridgehead atoms. The maximum Gasteiger partial charge on any atom is 0.343 e. The van der Waals surface area contributed by atoms with Crippen LogP contribution in [0.2, 0.25) is 0 Å². The fourth-order valence-corrected chi connectivity index (χ4v) is 3.99. The minimum absolute atomic E-state index is 0.00283. The van der Waals surface area contributed by atoms with Crippen molar-refractivity contribution in [1.29, 1.82) is 0 Å². The van der Waals surface area contributed by atoms with Crippen molar-refractivity contribution in [3.63, 3.8) is 0 Å². The molecule has 0 saturated heterocycles. The van der Waals surface area contributed by atoms with Crippen LogP contribution in [-0.4, -0.2) is 32.5 Å². The van der Waals surface area contributed by atoms with Gasteiger partial charge in [0.15, 0.2) is 5.16 Å². The van der Waals surface area contributed by atoms with Crippen LogP contribution in [0.1, 0.15) is 27.2 Å².